The molecule has 0 aliphatic carbocycles. The molecule has 0 bridgehead atoms. The van der Waals surface area contributed by atoms with Crippen LogP contribution in [0.5, 0.6) is 0 Å². The minimum atomic E-state index is -0.249. The third-order valence-electron chi connectivity index (χ3n) is 5.52. The highest BCUT2D eigenvalue weighted by Gasteiger charge is 2.19. The first kappa shape index (κ1) is 20.8. The normalized spacial score (nSPS) is 14.9. The number of aromatic amines is 1. The smallest absolute Gasteiger partial charge is 0.262 e. The van der Waals surface area contributed by atoms with Gasteiger partial charge >= 0.3 is 0 Å². The third-order valence-corrected chi connectivity index (χ3v) is 6.07. The van der Waals surface area contributed by atoms with E-state index in [0.717, 1.165) is 44.0 Å². The van der Waals surface area contributed by atoms with Crippen molar-refractivity contribution in [2.45, 2.75) is 6.54 Å². The molecule has 156 valence electrons. The molecule has 1 aliphatic heterocycles. The lowest BCUT2D eigenvalue weighted by atomic mass is 10.1. The monoisotopic (exact) mass is 444 g/mol. The summed E-state index contributed by atoms with van der Waals surface area (Å²) in [5.41, 5.74) is 2.40. The zero-order valence-electron chi connectivity index (χ0n) is 16.4. The average molecular weight is 445 g/mol. The molecule has 0 amide bonds. The quantitative estimate of drug-likeness (QED) is 0.601. The van der Waals surface area contributed by atoms with Gasteiger partial charge in [-0.2, -0.15) is 0 Å². The highest BCUT2D eigenvalue weighted by molar-refractivity contribution is 7.71. The third kappa shape index (κ3) is 4.33. The summed E-state index contributed by atoms with van der Waals surface area (Å²) in [5.74, 6) is -0.249. The van der Waals surface area contributed by atoms with E-state index < -0.39 is 0 Å². The van der Waals surface area contributed by atoms with Gasteiger partial charge in [0.15, 0.2) is 4.77 Å². The summed E-state index contributed by atoms with van der Waals surface area (Å²) in [6, 6.07) is 11.6. The van der Waals surface area contributed by atoms with Crippen molar-refractivity contribution in [3.05, 3.63) is 80.6 Å². The van der Waals surface area contributed by atoms with Crippen molar-refractivity contribution < 1.29 is 4.39 Å². The number of aromatic nitrogens is 2. The molecule has 2 heterocycles. The molecule has 0 spiro atoms. The van der Waals surface area contributed by atoms with Gasteiger partial charge in [0.05, 0.1) is 10.9 Å². The van der Waals surface area contributed by atoms with Gasteiger partial charge < -0.3 is 9.88 Å². The lowest BCUT2D eigenvalue weighted by Gasteiger charge is -2.37. The molecular weight excluding hydrogens is 423 g/mol. The second-order valence-electron chi connectivity index (χ2n) is 7.36. The molecule has 30 heavy (non-hydrogen) atoms. The van der Waals surface area contributed by atoms with Gasteiger partial charge in [-0.05, 0) is 48.1 Å². The number of nitrogens with one attached hydrogen (secondary N) is 1. The average Bonchev–Trinajstić information content (AvgIpc) is 2.75. The van der Waals surface area contributed by atoms with Crippen molar-refractivity contribution in [1.29, 1.82) is 0 Å². The first-order chi connectivity index (χ1) is 14.4. The number of fused-ring (bicyclic) bond motifs is 1. The minimum absolute atomic E-state index is 0.125. The number of hydrogen-bond acceptors (Lipinski definition) is 4. The van der Waals surface area contributed by atoms with Gasteiger partial charge in [-0.3, -0.25) is 14.3 Å². The highest BCUT2D eigenvalue weighted by Crippen LogP contribution is 2.19. The highest BCUT2D eigenvalue weighted by atomic mass is 35.5. The van der Waals surface area contributed by atoms with Crippen molar-refractivity contribution >= 4 is 40.4 Å². The Bertz CT molecular complexity index is 1200. The van der Waals surface area contributed by atoms with Crippen LogP contribution < -0.4 is 5.56 Å². The Morgan fingerprint density at radius 1 is 1.10 bits per heavy atom. The predicted octanol–water partition coefficient (Wildman–Crippen LogP) is 4.14. The molecule has 3 aromatic rings. The zero-order valence-corrected chi connectivity index (χ0v) is 18.0. The van der Waals surface area contributed by atoms with E-state index in [1.54, 1.807) is 34.9 Å². The fraction of sp³-hybridized carbons (Fsp3) is 0.273. The number of benzene rings is 2. The predicted molar refractivity (Wildman–Crippen MR) is 122 cm³/mol. The molecule has 1 aliphatic rings. The zero-order chi connectivity index (χ0) is 21.3. The SMILES string of the molecule is C=C(c1ccc(F)cc1)N1CCN(CCn2c(=S)[nH]c3ccc(Cl)cc3c2=O)CC1. The molecule has 1 saturated heterocycles. The molecule has 0 saturated carbocycles. The summed E-state index contributed by atoms with van der Waals surface area (Å²) in [6.45, 7) is 8.75. The lowest BCUT2D eigenvalue weighted by molar-refractivity contribution is 0.170. The molecule has 5 nitrogen and oxygen atoms in total. The largest absolute Gasteiger partial charge is 0.369 e. The number of nitrogens with zero attached hydrogens (tertiary/aromatic N) is 3. The number of halogens is 2. The molecular formula is C22H22ClFN4OS. The van der Waals surface area contributed by atoms with Crippen molar-refractivity contribution in [2.24, 2.45) is 0 Å². The van der Waals surface area contributed by atoms with E-state index in [0.29, 0.717) is 27.2 Å². The standard InChI is InChI=1S/C22H22ClFN4OS/c1-15(16-2-5-18(24)6-3-16)27-11-8-26(9-12-27)10-13-28-21(29)19-14-17(23)4-7-20(19)25-22(28)30/h2-7,14H,1,8-13H2,(H,25,30). The molecule has 1 N–H and O–H groups in total. The van der Waals surface area contributed by atoms with Crippen LogP contribution in [0.4, 0.5) is 4.39 Å². The van der Waals surface area contributed by atoms with Crippen LogP contribution in [0.3, 0.4) is 0 Å². The van der Waals surface area contributed by atoms with Crippen molar-refractivity contribution in [3.63, 3.8) is 0 Å². The molecule has 4 rings (SSSR count). The van der Waals surface area contributed by atoms with Crippen molar-refractivity contribution in [1.82, 2.24) is 19.4 Å². The van der Waals surface area contributed by atoms with Gasteiger partial charge in [-0.1, -0.05) is 30.3 Å². The van der Waals surface area contributed by atoms with Gasteiger partial charge in [0, 0.05) is 50.0 Å². The summed E-state index contributed by atoms with van der Waals surface area (Å²) in [5, 5.41) is 1.06. The number of hydrogen-bond donors (Lipinski definition) is 1. The second kappa shape index (κ2) is 8.71. The van der Waals surface area contributed by atoms with Crippen LogP contribution in [0, 0.1) is 10.6 Å². The van der Waals surface area contributed by atoms with Crippen LogP contribution in [-0.2, 0) is 6.54 Å². The van der Waals surface area contributed by atoms with E-state index in [2.05, 4.69) is 21.4 Å². The van der Waals surface area contributed by atoms with Crippen LogP contribution in [0.15, 0.2) is 53.8 Å². The summed E-state index contributed by atoms with van der Waals surface area (Å²) in [6.07, 6.45) is 0. The van der Waals surface area contributed by atoms with E-state index in [1.165, 1.54) is 12.1 Å². The Morgan fingerprint density at radius 2 is 1.80 bits per heavy atom. The maximum Gasteiger partial charge on any atom is 0.262 e. The van der Waals surface area contributed by atoms with Crippen LogP contribution in [-0.4, -0.2) is 52.1 Å². The Morgan fingerprint density at radius 3 is 2.50 bits per heavy atom. The summed E-state index contributed by atoms with van der Waals surface area (Å²) >= 11 is 11.4. The second-order valence-corrected chi connectivity index (χ2v) is 8.18. The summed E-state index contributed by atoms with van der Waals surface area (Å²) in [7, 11) is 0. The molecule has 8 heteroatoms. The lowest BCUT2D eigenvalue weighted by Crippen LogP contribution is -2.46. The van der Waals surface area contributed by atoms with Crippen molar-refractivity contribution in [2.75, 3.05) is 32.7 Å². The Kier molecular flexibility index (Phi) is 6.04. The fourth-order valence-electron chi connectivity index (χ4n) is 3.73. The fourth-order valence-corrected chi connectivity index (χ4v) is 4.19. The van der Waals surface area contributed by atoms with Crippen molar-refractivity contribution in [3.8, 4) is 0 Å². The molecule has 2 aromatic carbocycles. The van der Waals surface area contributed by atoms with Gasteiger partial charge in [-0.25, -0.2) is 4.39 Å². The molecule has 0 atom stereocenters. The molecule has 0 unspecified atom stereocenters. The van der Waals surface area contributed by atoms with E-state index >= 15 is 0 Å². The van der Waals surface area contributed by atoms with Gasteiger partial charge in [0.1, 0.15) is 5.82 Å². The first-order valence-corrected chi connectivity index (χ1v) is 10.6. The van der Waals surface area contributed by atoms with E-state index in [1.807, 2.05) is 0 Å². The number of H-pyrrole nitrogens is 1. The molecule has 1 aromatic heterocycles. The van der Waals surface area contributed by atoms with E-state index in [-0.39, 0.29) is 11.4 Å². The molecule has 1 fully saturated rings. The Labute approximate surface area is 184 Å². The van der Waals surface area contributed by atoms with Crippen LogP contribution in [0.1, 0.15) is 5.56 Å². The Balaban J connectivity index is 1.39. The van der Waals surface area contributed by atoms with Gasteiger partial charge in [0.25, 0.3) is 5.56 Å². The van der Waals surface area contributed by atoms with E-state index in [9.17, 15) is 9.18 Å². The van der Waals surface area contributed by atoms with Crippen LogP contribution in [0.25, 0.3) is 16.6 Å². The van der Waals surface area contributed by atoms with Gasteiger partial charge in [0.2, 0.25) is 0 Å². The number of rotatable bonds is 5. The van der Waals surface area contributed by atoms with E-state index in [4.69, 9.17) is 23.8 Å². The Hall–Kier alpha value is -2.48. The van der Waals surface area contributed by atoms with Crippen LogP contribution in [0.2, 0.25) is 5.02 Å². The molecule has 0 radical (unpaired) electrons. The number of piperazine rings is 1. The maximum absolute atomic E-state index is 13.1. The summed E-state index contributed by atoms with van der Waals surface area (Å²) in [4.78, 5) is 20.5. The summed E-state index contributed by atoms with van der Waals surface area (Å²) < 4.78 is 15.2. The van der Waals surface area contributed by atoms with Crippen LogP contribution >= 0.6 is 23.8 Å². The maximum atomic E-state index is 13.1. The topological polar surface area (TPSA) is 44.3 Å². The van der Waals surface area contributed by atoms with Gasteiger partial charge in [-0.15, -0.1) is 0 Å². The first-order valence-electron chi connectivity index (χ1n) is 9.77. The minimum Gasteiger partial charge on any atom is -0.369 e.